The van der Waals surface area contributed by atoms with Crippen LogP contribution in [0.15, 0.2) is 29.3 Å². The third kappa shape index (κ3) is 4.98. The zero-order chi connectivity index (χ0) is 33.6. The molecule has 1 aliphatic heterocycles. The summed E-state index contributed by atoms with van der Waals surface area (Å²) in [6, 6.07) is 5.71. The lowest BCUT2D eigenvalue weighted by Crippen LogP contribution is -2.63. The predicted octanol–water partition coefficient (Wildman–Crippen LogP) is 7.65. The molecule has 4 fully saturated rings. The van der Waals surface area contributed by atoms with Crippen molar-refractivity contribution in [2.45, 2.75) is 143 Å². The molecule has 9 atom stereocenters. The molecule has 6 nitrogen and oxygen atoms in total. The first kappa shape index (κ1) is 33.9. The van der Waals surface area contributed by atoms with Crippen molar-refractivity contribution in [3.05, 3.63) is 40.5 Å². The molecule has 1 saturated heterocycles. The molecular formula is C40H59NO5. The van der Waals surface area contributed by atoms with Crippen LogP contribution in [0, 0.1) is 39.4 Å². The minimum absolute atomic E-state index is 0.0598. The van der Waals surface area contributed by atoms with Crippen molar-refractivity contribution in [2.75, 3.05) is 7.05 Å². The maximum absolute atomic E-state index is 14.3. The molecule has 0 radical (unpaired) electrons. The Kier molecular flexibility index (Phi) is 8.30. The maximum Gasteiger partial charge on any atom is 0.160 e. The topological polar surface area (TPSA) is 99.2 Å². The minimum atomic E-state index is -0.564. The molecule has 0 unspecified atom stereocenters. The molecule has 6 rings (SSSR count). The van der Waals surface area contributed by atoms with Crippen LogP contribution in [0.1, 0.15) is 130 Å². The number of aliphatic hydroxyl groups is 1. The third-order valence-corrected chi connectivity index (χ3v) is 14.3. The molecule has 0 amide bonds. The van der Waals surface area contributed by atoms with Crippen LogP contribution >= 0.6 is 0 Å². The smallest absolute Gasteiger partial charge is 0.160 e. The average Bonchev–Trinajstić information content (AvgIpc) is 3.51. The number of phenolic OH excluding ortho intramolecular Hbond substituents is 1. The number of carbonyl (C=O) groups excluding carboxylic acids is 2. The van der Waals surface area contributed by atoms with E-state index >= 15 is 0 Å². The molecule has 0 spiro atoms. The van der Waals surface area contributed by atoms with Gasteiger partial charge in [-0.2, -0.15) is 0 Å². The van der Waals surface area contributed by atoms with Crippen LogP contribution < -0.4 is 5.32 Å². The fourth-order valence-corrected chi connectivity index (χ4v) is 12.0. The molecule has 3 saturated carbocycles. The fourth-order valence-electron chi connectivity index (χ4n) is 12.0. The van der Waals surface area contributed by atoms with Gasteiger partial charge in [0.2, 0.25) is 0 Å². The largest absolute Gasteiger partial charge is 0.508 e. The van der Waals surface area contributed by atoms with Crippen molar-refractivity contribution in [2.24, 2.45) is 39.4 Å². The van der Waals surface area contributed by atoms with E-state index in [4.69, 9.17) is 4.74 Å². The Morgan fingerprint density at radius 2 is 1.72 bits per heavy atom. The summed E-state index contributed by atoms with van der Waals surface area (Å²) in [4.78, 5) is 28.5. The number of benzene rings is 1. The van der Waals surface area contributed by atoms with E-state index in [1.54, 1.807) is 6.07 Å². The van der Waals surface area contributed by atoms with Gasteiger partial charge in [-0.05, 0) is 123 Å². The number of nitrogens with one attached hydrogen (secondary N) is 1. The van der Waals surface area contributed by atoms with Crippen molar-refractivity contribution in [1.29, 1.82) is 0 Å². The zero-order valence-corrected chi connectivity index (χ0v) is 29.9. The van der Waals surface area contributed by atoms with Crippen LogP contribution in [-0.2, 0) is 20.9 Å². The second-order valence-corrected chi connectivity index (χ2v) is 17.7. The van der Waals surface area contributed by atoms with Crippen molar-refractivity contribution in [3.8, 4) is 5.75 Å². The van der Waals surface area contributed by atoms with Gasteiger partial charge in [0.15, 0.2) is 5.78 Å². The number of rotatable bonds is 9. The van der Waals surface area contributed by atoms with E-state index in [-0.39, 0.29) is 51.5 Å². The molecule has 254 valence electrons. The van der Waals surface area contributed by atoms with Gasteiger partial charge in [-0.15, -0.1) is 0 Å². The van der Waals surface area contributed by atoms with E-state index in [1.807, 2.05) is 27.0 Å². The number of phenols is 1. The molecule has 1 aromatic carbocycles. The van der Waals surface area contributed by atoms with Gasteiger partial charge >= 0.3 is 0 Å². The number of allylic oxidation sites excluding steroid dienone is 2. The second-order valence-electron chi connectivity index (χ2n) is 17.7. The molecule has 3 N–H and O–H groups in total. The lowest BCUT2D eigenvalue weighted by Gasteiger charge is -2.68. The summed E-state index contributed by atoms with van der Waals surface area (Å²) in [5, 5.41) is 25.0. The van der Waals surface area contributed by atoms with E-state index < -0.39 is 11.5 Å². The van der Waals surface area contributed by atoms with Gasteiger partial charge in [0.05, 0.1) is 11.7 Å². The number of ether oxygens (including phenoxy) is 1. The summed E-state index contributed by atoms with van der Waals surface area (Å²) >= 11 is 0. The van der Waals surface area contributed by atoms with Crippen molar-refractivity contribution < 1.29 is 24.5 Å². The molecule has 1 heterocycles. The number of aliphatic hydroxyl groups excluding tert-OH is 1. The molecular weight excluding hydrogens is 574 g/mol. The highest BCUT2D eigenvalue weighted by Gasteiger charge is 2.69. The lowest BCUT2D eigenvalue weighted by atomic mass is 9.35. The Hall–Kier alpha value is -2.02. The van der Waals surface area contributed by atoms with Gasteiger partial charge in [-0.25, -0.2) is 0 Å². The first-order valence-corrected chi connectivity index (χ1v) is 18.1. The number of hydrogen-bond donors (Lipinski definition) is 3. The van der Waals surface area contributed by atoms with E-state index in [0.717, 1.165) is 61.6 Å². The Morgan fingerprint density at radius 3 is 2.35 bits per heavy atom. The Labute approximate surface area is 277 Å². The monoisotopic (exact) mass is 633 g/mol. The van der Waals surface area contributed by atoms with Gasteiger partial charge < -0.3 is 20.3 Å². The molecule has 5 aliphatic rings. The number of fused-ring (bicyclic) bond motifs is 5. The summed E-state index contributed by atoms with van der Waals surface area (Å²) in [7, 11) is 1.90. The van der Waals surface area contributed by atoms with Crippen LogP contribution in [0.2, 0.25) is 0 Å². The summed E-state index contributed by atoms with van der Waals surface area (Å²) in [5.41, 5.74) is 3.16. The molecule has 6 heteroatoms. The van der Waals surface area contributed by atoms with Crippen LogP contribution in [0.3, 0.4) is 0 Å². The van der Waals surface area contributed by atoms with Crippen LogP contribution in [0.5, 0.6) is 5.75 Å². The number of epoxide rings is 1. The molecule has 46 heavy (non-hydrogen) atoms. The molecule has 0 bridgehead atoms. The third-order valence-electron chi connectivity index (χ3n) is 14.3. The van der Waals surface area contributed by atoms with Crippen molar-refractivity contribution in [3.63, 3.8) is 0 Å². The van der Waals surface area contributed by atoms with Gasteiger partial charge in [-0.3, -0.25) is 9.59 Å². The van der Waals surface area contributed by atoms with Gasteiger partial charge in [0, 0.05) is 29.7 Å². The number of hydrogen-bond acceptors (Lipinski definition) is 6. The van der Waals surface area contributed by atoms with Gasteiger partial charge in [0.1, 0.15) is 17.6 Å². The Balaban J connectivity index is 1.37. The molecule has 0 aromatic heterocycles. The van der Waals surface area contributed by atoms with Gasteiger partial charge in [-0.1, -0.05) is 59.6 Å². The van der Waals surface area contributed by atoms with Crippen molar-refractivity contribution >= 4 is 11.6 Å². The Bertz CT molecular complexity index is 1440. The number of ketones is 2. The zero-order valence-electron chi connectivity index (χ0n) is 29.9. The quantitative estimate of drug-likeness (QED) is 0.242. The number of aromatic hydroxyl groups is 1. The normalized spacial score (nSPS) is 39.0. The standard InChI is InChI=1S/C40H59NO5/c1-10-11-24(19-29(43)35-37(4,5)46-35)33-28-12-13-32-38(6)20-27(25-16-23(22-41-9)17-26(42)18-25)34(45)36(2,3)31(38)14-15-39(32,7)40(28,8)21-30(33)44/h16-18,24,27,29,31-32,35,41-43H,10-15,19-22H2,1-9H3/t24-,27+,29-,31+,32-,35-,38-,39+,40+/m1/s1. The van der Waals surface area contributed by atoms with E-state index in [9.17, 15) is 19.8 Å². The van der Waals surface area contributed by atoms with E-state index in [0.29, 0.717) is 36.9 Å². The first-order valence-electron chi connectivity index (χ1n) is 18.1. The van der Waals surface area contributed by atoms with E-state index in [2.05, 4.69) is 52.9 Å². The highest BCUT2D eigenvalue weighted by Crippen LogP contribution is 2.75. The van der Waals surface area contributed by atoms with Crippen LogP contribution in [0.25, 0.3) is 0 Å². The van der Waals surface area contributed by atoms with E-state index in [1.165, 1.54) is 5.57 Å². The first-order chi connectivity index (χ1) is 21.4. The Morgan fingerprint density at radius 1 is 1.02 bits per heavy atom. The minimum Gasteiger partial charge on any atom is -0.508 e. The van der Waals surface area contributed by atoms with Crippen LogP contribution in [0.4, 0.5) is 0 Å². The summed E-state index contributed by atoms with van der Waals surface area (Å²) in [6.45, 7) is 18.5. The highest BCUT2D eigenvalue weighted by atomic mass is 16.6. The van der Waals surface area contributed by atoms with Gasteiger partial charge in [0.25, 0.3) is 0 Å². The highest BCUT2D eigenvalue weighted by molar-refractivity contribution is 6.00. The fraction of sp³-hybridized carbons (Fsp3) is 0.750. The van der Waals surface area contributed by atoms with Crippen LogP contribution in [-0.4, -0.2) is 46.6 Å². The predicted molar refractivity (Wildman–Crippen MR) is 181 cm³/mol. The summed E-state index contributed by atoms with van der Waals surface area (Å²) < 4.78 is 5.81. The number of Topliss-reactive ketones (excluding diaryl/α,β-unsaturated/α-hetero) is 2. The SMILES string of the molecule is CCC[C@H](C[C@@H](O)[C@H]1OC1(C)C)C1=C2CC[C@@H]3[C@]4(C)C[C@@H](c5cc(O)cc(CNC)c5)C(=O)C(C)(C)[C@@H]4CC[C@]3(C)[C@@]2(C)CC1=O. The molecule has 1 aromatic rings. The maximum atomic E-state index is 14.3. The average molecular weight is 634 g/mol. The number of carbonyl (C=O) groups is 2. The summed E-state index contributed by atoms with van der Waals surface area (Å²) in [5.74, 6) is 1.24. The lowest BCUT2D eigenvalue weighted by molar-refractivity contribution is -0.183. The second kappa shape index (κ2) is 11.3. The molecule has 4 aliphatic carbocycles. The van der Waals surface area contributed by atoms with Crippen molar-refractivity contribution in [1.82, 2.24) is 5.32 Å². The summed E-state index contributed by atoms with van der Waals surface area (Å²) in [6.07, 6.45) is 7.01.